The van der Waals surface area contributed by atoms with Gasteiger partial charge in [-0.1, -0.05) is 128 Å². The van der Waals surface area contributed by atoms with E-state index in [1.165, 1.54) is 44.9 Å². The molecule has 8 atom stereocenters. The Bertz CT molecular complexity index is 528. The summed E-state index contributed by atoms with van der Waals surface area (Å²) < 4.78 is 0. The van der Waals surface area contributed by atoms with Crippen molar-refractivity contribution in [3.8, 4) is 0 Å². The number of allylic oxidation sites excluding steroid dienone is 2. The fourth-order valence-electron chi connectivity index (χ4n) is 7.39. The molecule has 0 aliphatic rings. The first-order valence-corrected chi connectivity index (χ1v) is 14.9. The van der Waals surface area contributed by atoms with Crippen LogP contribution in [0.3, 0.4) is 0 Å². The summed E-state index contributed by atoms with van der Waals surface area (Å²) in [5.74, 6) is 6.22. The molecule has 0 nitrogen and oxygen atoms in total. The maximum Gasteiger partial charge on any atom is -0.0267 e. The molecule has 0 aromatic heterocycles. The molecule has 0 rings (SSSR count). The lowest BCUT2D eigenvalue weighted by atomic mass is 9.56. The second kappa shape index (κ2) is 15.0. The third-order valence-corrected chi connectivity index (χ3v) is 11.0. The highest BCUT2D eigenvalue weighted by Crippen LogP contribution is 2.51. The van der Waals surface area contributed by atoms with E-state index in [9.17, 15) is 0 Å². The Morgan fingerprint density at radius 2 is 1.30 bits per heavy atom. The number of hydrogen-bond acceptors (Lipinski definition) is 0. The minimum atomic E-state index is 0.416. The first-order valence-electron chi connectivity index (χ1n) is 14.9. The highest BCUT2D eigenvalue weighted by molar-refractivity contribution is 4.94. The molecule has 0 aliphatic carbocycles. The average molecular weight is 463 g/mol. The van der Waals surface area contributed by atoms with Gasteiger partial charge < -0.3 is 0 Å². The van der Waals surface area contributed by atoms with Gasteiger partial charge in [-0.15, -0.1) is 0 Å². The molecule has 0 heteroatoms. The topological polar surface area (TPSA) is 0 Å². The van der Waals surface area contributed by atoms with E-state index in [2.05, 4.69) is 109 Å². The van der Waals surface area contributed by atoms with Crippen molar-refractivity contribution in [2.75, 3.05) is 0 Å². The summed E-state index contributed by atoms with van der Waals surface area (Å²) >= 11 is 0. The molecule has 0 N–H and O–H groups in total. The Kier molecular flexibility index (Phi) is 14.9. The smallest absolute Gasteiger partial charge is 0.0267 e. The molecular weight excluding hydrogens is 396 g/mol. The van der Waals surface area contributed by atoms with Gasteiger partial charge in [0.2, 0.25) is 0 Å². The molecule has 0 bridgehead atoms. The van der Waals surface area contributed by atoms with Gasteiger partial charge in [-0.25, -0.2) is 0 Å². The second-order valence-electron chi connectivity index (χ2n) is 13.1. The molecule has 0 aromatic carbocycles. The molecular formula is C33H66. The van der Waals surface area contributed by atoms with Crippen LogP contribution in [0.5, 0.6) is 0 Å². The Labute approximate surface area is 212 Å². The second-order valence-corrected chi connectivity index (χ2v) is 13.1. The number of hydrogen-bond donors (Lipinski definition) is 0. The Morgan fingerprint density at radius 1 is 0.727 bits per heavy atom. The third kappa shape index (κ3) is 8.42. The molecule has 8 unspecified atom stereocenters. The van der Waals surface area contributed by atoms with Crippen LogP contribution in [0.1, 0.15) is 142 Å². The van der Waals surface area contributed by atoms with E-state index in [1.54, 1.807) is 0 Å². The molecule has 0 spiro atoms. The van der Waals surface area contributed by atoms with Gasteiger partial charge in [0.15, 0.2) is 0 Å². The quantitative estimate of drug-likeness (QED) is 0.188. The largest absolute Gasteiger partial charge is 0.0917 e. The van der Waals surface area contributed by atoms with Crippen molar-refractivity contribution in [3.63, 3.8) is 0 Å². The summed E-state index contributed by atoms with van der Waals surface area (Å²) in [7, 11) is 0. The fraction of sp³-hybridized carbons (Fsp3) is 0.939. The standard InChI is InChI=1S/C33H66/c1-15-19-20-27(10)32(13,18-4)29(12)26(9)21-22-30(25(7)8)31(17-3)33(14,23-16-2)28(11)24(5)6/h15,19,24-31H,16-18,20-23H2,1-14H3. The van der Waals surface area contributed by atoms with Gasteiger partial charge in [0, 0.05) is 0 Å². The molecule has 0 heterocycles. The van der Waals surface area contributed by atoms with Crippen molar-refractivity contribution in [2.24, 2.45) is 58.2 Å². The zero-order chi connectivity index (χ0) is 26.0. The van der Waals surface area contributed by atoms with Gasteiger partial charge in [0.25, 0.3) is 0 Å². The SMILES string of the molecule is CC=CCC(C)C(C)(CC)C(C)C(C)CCC(C(C)C)C(CC)C(C)(CCC)C(C)C(C)C. The summed E-state index contributed by atoms with van der Waals surface area (Å²) in [4.78, 5) is 0. The minimum absolute atomic E-state index is 0.416. The van der Waals surface area contributed by atoms with Gasteiger partial charge in [0.05, 0.1) is 0 Å². The predicted octanol–water partition coefficient (Wildman–Crippen LogP) is 11.5. The molecule has 0 amide bonds. The molecule has 0 aliphatic heterocycles. The zero-order valence-corrected chi connectivity index (χ0v) is 25.7. The van der Waals surface area contributed by atoms with Gasteiger partial charge in [0.1, 0.15) is 0 Å². The van der Waals surface area contributed by atoms with E-state index in [0.717, 1.165) is 47.3 Å². The van der Waals surface area contributed by atoms with E-state index >= 15 is 0 Å². The van der Waals surface area contributed by atoms with E-state index in [-0.39, 0.29) is 0 Å². The van der Waals surface area contributed by atoms with Crippen LogP contribution in [-0.4, -0.2) is 0 Å². The van der Waals surface area contributed by atoms with Crippen molar-refractivity contribution < 1.29 is 0 Å². The molecule has 33 heavy (non-hydrogen) atoms. The summed E-state index contributed by atoms with van der Waals surface area (Å²) in [6.45, 7) is 34.7. The van der Waals surface area contributed by atoms with Gasteiger partial charge in [-0.2, -0.15) is 0 Å². The minimum Gasteiger partial charge on any atom is -0.0917 e. The lowest BCUT2D eigenvalue weighted by molar-refractivity contribution is -0.00216. The monoisotopic (exact) mass is 463 g/mol. The van der Waals surface area contributed by atoms with Gasteiger partial charge in [-0.05, 0) is 84.4 Å². The molecule has 198 valence electrons. The Balaban J connectivity index is 5.71. The Hall–Kier alpha value is -0.260. The molecule has 0 saturated carbocycles. The van der Waals surface area contributed by atoms with Crippen molar-refractivity contribution in [3.05, 3.63) is 12.2 Å². The van der Waals surface area contributed by atoms with Crippen LogP contribution in [0.2, 0.25) is 0 Å². The van der Waals surface area contributed by atoms with E-state index in [4.69, 9.17) is 0 Å². The average Bonchev–Trinajstić information content (AvgIpc) is 2.77. The van der Waals surface area contributed by atoms with Crippen LogP contribution in [0.4, 0.5) is 0 Å². The number of rotatable bonds is 17. The lowest BCUT2D eigenvalue weighted by Crippen LogP contribution is -2.42. The van der Waals surface area contributed by atoms with E-state index < -0.39 is 0 Å². The summed E-state index contributed by atoms with van der Waals surface area (Å²) in [5.41, 5.74) is 0.861. The van der Waals surface area contributed by atoms with Crippen LogP contribution < -0.4 is 0 Å². The molecule has 0 radical (unpaired) electrons. The summed E-state index contributed by atoms with van der Waals surface area (Å²) in [5, 5.41) is 0. The van der Waals surface area contributed by atoms with Crippen molar-refractivity contribution in [1.29, 1.82) is 0 Å². The van der Waals surface area contributed by atoms with Crippen molar-refractivity contribution in [1.82, 2.24) is 0 Å². The van der Waals surface area contributed by atoms with E-state index in [1.807, 2.05) is 0 Å². The first-order chi connectivity index (χ1) is 15.3. The van der Waals surface area contributed by atoms with Crippen LogP contribution in [-0.2, 0) is 0 Å². The van der Waals surface area contributed by atoms with Gasteiger partial charge >= 0.3 is 0 Å². The molecule has 0 aromatic rings. The van der Waals surface area contributed by atoms with Gasteiger partial charge in [-0.3, -0.25) is 0 Å². The van der Waals surface area contributed by atoms with E-state index in [0.29, 0.717) is 10.8 Å². The van der Waals surface area contributed by atoms with Crippen LogP contribution in [0.15, 0.2) is 12.2 Å². The van der Waals surface area contributed by atoms with Crippen LogP contribution >= 0.6 is 0 Å². The maximum atomic E-state index is 2.65. The maximum absolute atomic E-state index is 2.65. The summed E-state index contributed by atoms with van der Waals surface area (Å²) in [6.07, 6.45) is 13.9. The van der Waals surface area contributed by atoms with Crippen molar-refractivity contribution in [2.45, 2.75) is 142 Å². The predicted molar refractivity (Wildman–Crippen MR) is 154 cm³/mol. The highest BCUT2D eigenvalue weighted by atomic mass is 14.5. The zero-order valence-electron chi connectivity index (χ0n) is 25.7. The highest BCUT2D eigenvalue weighted by Gasteiger charge is 2.43. The van der Waals surface area contributed by atoms with Crippen molar-refractivity contribution >= 4 is 0 Å². The van der Waals surface area contributed by atoms with Crippen LogP contribution in [0, 0.1) is 58.2 Å². The molecule has 0 fully saturated rings. The van der Waals surface area contributed by atoms with Crippen LogP contribution in [0.25, 0.3) is 0 Å². The molecule has 0 saturated heterocycles. The summed E-state index contributed by atoms with van der Waals surface area (Å²) in [6, 6.07) is 0. The Morgan fingerprint density at radius 3 is 1.70 bits per heavy atom. The fourth-order valence-corrected chi connectivity index (χ4v) is 7.39. The lowest BCUT2D eigenvalue weighted by Gasteiger charge is -2.49. The third-order valence-electron chi connectivity index (χ3n) is 11.0. The normalized spacial score (nSPS) is 22.1. The first kappa shape index (κ1) is 32.7.